The lowest BCUT2D eigenvalue weighted by molar-refractivity contribution is 0.191. The first-order chi connectivity index (χ1) is 8.15. The number of hydrogen-bond donors (Lipinski definition) is 1. The molecule has 2 saturated carbocycles. The van der Waals surface area contributed by atoms with Gasteiger partial charge in [-0.05, 0) is 61.8 Å². The molecule has 98 valence electrons. The van der Waals surface area contributed by atoms with Gasteiger partial charge in [0, 0.05) is 19.1 Å². The van der Waals surface area contributed by atoms with Crippen LogP contribution in [0.1, 0.15) is 39.5 Å². The summed E-state index contributed by atoms with van der Waals surface area (Å²) in [4.78, 5) is 2.70. The Hall–Kier alpha value is -0.0800. The van der Waals surface area contributed by atoms with E-state index in [9.17, 15) is 0 Å². The molecule has 2 N–H and O–H groups in total. The van der Waals surface area contributed by atoms with Gasteiger partial charge in [-0.15, -0.1) is 0 Å². The Bertz CT molecular complexity index is 274. The molecule has 5 atom stereocenters. The van der Waals surface area contributed by atoms with E-state index in [4.69, 9.17) is 5.73 Å². The van der Waals surface area contributed by atoms with Gasteiger partial charge in [-0.3, -0.25) is 0 Å². The highest BCUT2D eigenvalue weighted by molar-refractivity contribution is 5.00. The fourth-order valence-electron chi connectivity index (χ4n) is 4.60. The molecule has 0 aromatic rings. The van der Waals surface area contributed by atoms with Gasteiger partial charge < -0.3 is 10.6 Å². The third-order valence-corrected chi connectivity index (χ3v) is 5.88. The molecule has 3 aliphatic rings. The standard InChI is InChI=1S/C15H28N2/c1-10(2)13-5-6-17(8-13)9-14-11-3-4-12(7-11)15(14)16/h10-15H,3-9,16H2,1-2H3. The average molecular weight is 236 g/mol. The van der Waals surface area contributed by atoms with E-state index >= 15 is 0 Å². The lowest BCUT2D eigenvalue weighted by Crippen LogP contribution is -2.42. The molecule has 0 radical (unpaired) electrons. The molecular weight excluding hydrogens is 208 g/mol. The second-order valence-electron chi connectivity index (χ2n) is 7.13. The number of fused-ring (bicyclic) bond motifs is 2. The van der Waals surface area contributed by atoms with Crippen molar-refractivity contribution in [2.24, 2.45) is 35.3 Å². The van der Waals surface area contributed by atoms with Crippen LogP contribution < -0.4 is 5.73 Å². The van der Waals surface area contributed by atoms with Crippen LogP contribution in [0.2, 0.25) is 0 Å². The van der Waals surface area contributed by atoms with Crippen LogP contribution in [0.5, 0.6) is 0 Å². The number of hydrogen-bond acceptors (Lipinski definition) is 2. The topological polar surface area (TPSA) is 29.3 Å². The summed E-state index contributed by atoms with van der Waals surface area (Å²) in [7, 11) is 0. The van der Waals surface area contributed by atoms with Gasteiger partial charge in [0.05, 0.1) is 0 Å². The minimum absolute atomic E-state index is 0.520. The summed E-state index contributed by atoms with van der Waals surface area (Å²) in [5.74, 6) is 4.44. The molecule has 2 aliphatic carbocycles. The first kappa shape index (κ1) is 12.0. The van der Waals surface area contributed by atoms with Crippen LogP contribution >= 0.6 is 0 Å². The van der Waals surface area contributed by atoms with Crippen LogP contribution in [-0.4, -0.2) is 30.6 Å². The minimum Gasteiger partial charge on any atom is -0.327 e. The Balaban J connectivity index is 1.55. The highest BCUT2D eigenvalue weighted by atomic mass is 15.2. The van der Waals surface area contributed by atoms with Crippen molar-refractivity contribution in [1.29, 1.82) is 0 Å². The molecule has 3 rings (SSSR count). The van der Waals surface area contributed by atoms with E-state index < -0.39 is 0 Å². The van der Waals surface area contributed by atoms with Crippen molar-refractivity contribution in [2.75, 3.05) is 19.6 Å². The van der Waals surface area contributed by atoms with Crippen LogP contribution in [0.4, 0.5) is 0 Å². The summed E-state index contributed by atoms with van der Waals surface area (Å²) in [6, 6.07) is 0.520. The normalized spacial score (nSPS) is 46.2. The average Bonchev–Trinajstić information content (AvgIpc) is 2.97. The Kier molecular flexibility index (Phi) is 3.20. The van der Waals surface area contributed by atoms with E-state index in [1.165, 1.54) is 45.3 Å². The number of nitrogens with zero attached hydrogens (tertiary/aromatic N) is 1. The molecule has 2 nitrogen and oxygen atoms in total. The molecule has 0 aromatic carbocycles. The zero-order chi connectivity index (χ0) is 12.0. The summed E-state index contributed by atoms with van der Waals surface area (Å²) in [6.45, 7) is 8.70. The lowest BCUT2D eigenvalue weighted by atomic mass is 9.84. The monoisotopic (exact) mass is 236 g/mol. The smallest absolute Gasteiger partial charge is 0.0111 e. The number of rotatable bonds is 3. The first-order valence-corrected chi connectivity index (χ1v) is 7.63. The van der Waals surface area contributed by atoms with Gasteiger partial charge in [0.15, 0.2) is 0 Å². The van der Waals surface area contributed by atoms with Gasteiger partial charge in [0.1, 0.15) is 0 Å². The van der Waals surface area contributed by atoms with Crippen LogP contribution in [0.15, 0.2) is 0 Å². The Morgan fingerprint density at radius 1 is 1.18 bits per heavy atom. The molecule has 0 aromatic heterocycles. The van der Waals surface area contributed by atoms with E-state index in [1.54, 1.807) is 0 Å². The highest BCUT2D eigenvalue weighted by Crippen LogP contribution is 2.48. The molecular formula is C15H28N2. The summed E-state index contributed by atoms with van der Waals surface area (Å²) in [6.07, 6.45) is 5.72. The molecule has 1 aliphatic heterocycles. The van der Waals surface area contributed by atoms with E-state index in [0.717, 1.165) is 29.6 Å². The molecule has 3 fully saturated rings. The summed E-state index contributed by atoms with van der Waals surface area (Å²) >= 11 is 0. The first-order valence-electron chi connectivity index (χ1n) is 7.63. The third-order valence-electron chi connectivity index (χ3n) is 5.88. The molecule has 5 unspecified atom stereocenters. The Morgan fingerprint density at radius 2 is 1.94 bits per heavy atom. The second kappa shape index (κ2) is 4.55. The maximum absolute atomic E-state index is 6.41. The summed E-state index contributed by atoms with van der Waals surface area (Å²) in [5, 5.41) is 0. The predicted molar refractivity (Wildman–Crippen MR) is 71.7 cm³/mol. The lowest BCUT2D eigenvalue weighted by Gasteiger charge is -2.31. The zero-order valence-electron chi connectivity index (χ0n) is 11.4. The SMILES string of the molecule is CC(C)C1CCN(CC2C3CCC(C3)C2N)C1. The number of likely N-dealkylation sites (tertiary alicyclic amines) is 1. The highest BCUT2D eigenvalue weighted by Gasteiger charge is 2.46. The zero-order valence-corrected chi connectivity index (χ0v) is 11.4. The van der Waals surface area contributed by atoms with Crippen LogP contribution in [0.25, 0.3) is 0 Å². The van der Waals surface area contributed by atoms with Gasteiger partial charge in [-0.2, -0.15) is 0 Å². The Labute approximate surface area is 106 Å². The van der Waals surface area contributed by atoms with E-state index in [0.29, 0.717) is 6.04 Å². The molecule has 1 heterocycles. The quantitative estimate of drug-likeness (QED) is 0.815. The van der Waals surface area contributed by atoms with Gasteiger partial charge in [-0.1, -0.05) is 13.8 Å². The van der Waals surface area contributed by atoms with Crippen molar-refractivity contribution < 1.29 is 0 Å². The van der Waals surface area contributed by atoms with Crippen molar-refractivity contribution in [3.05, 3.63) is 0 Å². The van der Waals surface area contributed by atoms with Crippen LogP contribution in [0, 0.1) is 29.6 Å². The fourth-order valence-corrected chi connectivity index (χ4v) is 4.60. The van der Waals surface area contributed by atoms with Gasteiger partial charge in [0.25, 0.3) is 0 Å². The maximum atomic E-state index is 6.41. The molecule has 2 heteroatoms. The van der Waals surface area contributed by atoms with E-state index in [-0.39, 0.29) is 0 Å². The van der Waals surface area contributed by atoms with Crippen molar-refractivity contribution in [1.82, 2.24) is 4.90 Å². The minimum atomic E-state index is 0.520. The van der Waals surface area contributed by atoms with Gasteiger partial charge in [-0.25, -0.2) is 0 Å². The van der Waals surface area contributed by atoms with Crippen molar-refractivity contribution in [3.8, 4) is 0 Å². The van der Waals surface area contributed by atoms with Crippen molar-refractivity contribution >= 4 is 0 Å². The third kappa shape index (κ3) is 2.15. The fraction of sp³-hybridized carbons (Fsp3) is 1.00. The maximum Gasteiger partial charge on any atom is 0.0111 e. The van der Waals surface area contributed by atoms with E-state index in [2.05, 4.69) is 18.7 Å². The Morgan fingerprint density at radius 3 is 2.53 bits per heavy atom. The molecule has 0 amide bonds. The molecule has 2 bridgehead atoms. The van der Waals surface area contributed by atoms with Gasteiger partial charge in [0.2, 0.25) is 0 Å². The largest absolute Gasteiger partial charge is 0.327 e. The van der Waals surface area contributed by atoms with Crippen LogP contribution in [0.3, 0.4) is 0 Å². The predicted octanol–water partition coefficient (Wildman–Crippen LogP) is 2.34. The van der Waals surface area contributed by atoms with Gasteiger partial charge >= 0.3 is 0 Å². The molecule has 0 spiro atoms. The van der Waals surface area contributed by atoms with Crippen LogP contribution in [-0.2, 0) is 0 Å². The van der Waals surface area contributed by atoms with Crippen molar-refractivity contribution in [3.63, 3.8) is 0 Å². The van der Waals surface area contributed by atoms with Crippen molar-refractivity contribution in [2.45, 2.75) is 45.6 Å². The molecule has 17 heavy (non-hydrogen) atoms. The number of nitrogens with two attached hydrogens (primary N) is 1. The molecule has 1 saturated heterocycles. The van der Waals surface area contributed by atoms with E-state index in [1.807, 2.05) is 0 Å². The second-order valence-corrected chi connectivity index (χ2v) is 7.13. The summed E-state index contributed by atoms with van der Waals surface area (Å²) < 4.78 is 0. The summed E-state index contributed by atoms with van der Waals surface area (Å²) in [5.41, 5.74) is 6.41.